The lowest BCUT2D eigenvalue weighted by Crippen LogP contribution is -2.45. The van der Waals surface area contributed by atoms with Crippen molar-refractivity contribution in [2.75, 3.05) is 6.61 Å². The molecule has 0 fully saturated rings. The van der Waals surface area contributed by atoms with Gasteiger partial charge in [-0.3, -0.25) is 4.79 Å². The van der Waals surface area contributed by atoms with Crippen molar-refractivity contribution in [2.45, 2.75) is 283 Å². The molecule has 350 valence electrons. The molecule has 60 heavy (non-hydrogen) atoms. The summed E-state index contributed by atoms with van der Waals surface area (Å²) in [6, 6.07) is -0.638. The third-order valence-electron chi connectivity index (χ3n) is 12.0. The Balaban J connectivity index is 3.46. The van der Waals surface area contributed by atoms with E-state index in [-0.39, 0.29) is 12.5 Å². The minimum atomic E-state index is -0.861. The molecule has 0 aromatic heterocycles. The van der Waals surface area contributed by atoms with Crippen molar-refractivity contribution in [1.82, 2.24) is 5.32 Å². The number of hydrogen-bond acceptors (Lipinski definition) is 3. The number of carbonyl (C=O) groups excluding carboxylic acids is 1. The highest BCUT2D eigenvalue weighted by atomic mass is 16.3. The van der Waals surface area contributed by atoms with Crippen LogP contribution in [0.15, 0.2) is 60.8 Å². The Bertz CT molecular complexity index is 996. The zero-order valence-electron chi connectivity index (χ0n) is 40.2. The van der Waals surface area contributed by atoms with E-state index in [4.69, 9.17) is 0 Å². The van der Waals surface area contributed by atoms with Crippen LogP contribution in [0, 0.1) is 0 Å². The summed E-state index contributed by atoms with van der Waals surface area (Å²) in [5.41, 5.74) is 0. The van der Waals surface area contributed by atoms with Crippen LogP contribution < -0.4 is 5.32 Å². The molecule has 0 aromatic carbocycles. The molecule has 4 nitrogen and oxygen atoms in total. The second-order valence-electron chi connectivity index (χ2n) is 17.9. The highest BCUT2D eigenvalue weighted by Gasteiger charge is 2.17. The van der Waals surface area contributed by atoms with Crippen molar-refractivity contribution in [2.24, 2.45) is 0 Å². The summed E-state index contributed by atoms with van der Waals surface area (Å²) in [6.45, 7) is 4.28. The minimum absolute atomic E-state index is 0.0727. The Labute approximate surface area is 375 Å². The quantitative estimate of drug-likeness (QED) is 0.0422. The predicted octanol–water partition coefficient (Wildman–Crippen LogP) is 17.2. The Morgan fingerprint density at radius 1 is 0.400 bits per heavy atom. The minimum Gasteiger partial charge on any atom is -0.394 e. The molecule has 0 rings (SSSR count). The second kappa shape index (κ2) is 51.4. The Morgan fingerprint density at radius 2 is 0.700 bits per heavy atom. The van der Waals surface area contributed by atoms with Crippen LogP contribution in [0.4, 0.5) is 0 Å². The van der Waals surface area contributed by atoms with Crippen molar-refractivity contribution in [1.29, 1.82) is 0 Å². The smallest absolute Gasteiger partial charge is 0.220 e. The first-order valence-corrected chi connectivity index (χ1v) is 26.5. The van der Waals surface area contributed by atoms with E-state index in [1.54, 1.807) is 6.08 Å². The lowest BCUT2D eigenvalue weighted by Gasteiger charge is -2.19. The summed E-state index contributed by atoms with van der Waals surface area (Å²) >= 11 is 0. The van der Waals surface area contributed by atoms with Crippen molar-refractivity contribution in [3.8, 4) is 0 Å². The molecule has 0 aliphatic rings. The summed E-state index contributed by atoms with van der Waals surface area (Å²) in [7, 11) is 0. The van der Waals surface area contributed by atoms with Crippen LogP contribution in [0.1, 0.15) is 271 Å². The van der Waals surface area contributed by atoms with Crippen LogP contribution in [-0.2, 0) is 4.79 Å². The maximum Gasteiger partial charge on any atom is 0.220 e. The van der Waals surface area contributed by atoms with E-state index < -0.39 is 12.1 Å². The van der Waals surface area contributed by atoms with Crippen LogP contribution in [0.3, 0.4) is 0 Å². The molecule has 2 unspecified atom stereocenters. The van der Waals surface area contributed by atoms with Gasteiger partial charge in [0.1, 0.15) is 0 Å². The van der Waals surface area contributed by atoms with Crippen molar-refractivity contribution >= 4 is 5.91 Å². The van der Waals surface area contributed by atoms with Gasteiger partial charge < -0.3 is 15.5 Å². The summed E-state index contributed by atoms with van der Waals surface area (Å²) in [6.07, 6.45) is 72.3. The van der Waals surface area contributed by atoms with Gasteiger partial charge in [0.05, 0.1) is 18.8 Å². The number of allylic oxidation sites excluding steroid dienone is 9. The number of aliphatic hydroxyl groups is 2. The largest absolute Gasteiger partial charge is 0.394 e. The molecule has 0 radical (unpaired) electrons. The van der Waals surface area contributed by atoms with E-state index in [0.717, 1.165) is 44.9 Å². The zero-order valence-corrected chi connectivity index (χ0v) is 40.2. The molecule has 0 aliphatic carbocycles. The first kappa shape index (κ1) is 58.1. The lowest BCUT2D eigenvalue weighted by atomic mass is 10.0. The Morgan fingerprint density at radius 3 is 1.08 bits per heavy atom. The summed E-state index contributed by atoms with van der Waals surface area (Å²) < 4.78 is 0. The van der Waals surface area contributed by atoms with Gasteiger partial charge in [-0.1, -0.05) is 254 Å². The maximum atomic E-state index is 12.4. The molecular weight excluding hydrogens is 735 g/mol. The predicted molar refractivity (Wildman–Crippen MR) is 267 cm³/mol. The normalized spacial score (nSPS) is 13.3. The molecule has 4 heteroatoms. The number of hydrogen-bond donors (Lipinski definition) is 3. The van der Waals surface area contributed by atoms with Crippen molar-refractivity contribution < 1.29 is 15.0 Å². The third-order valence-corrected chi connectivity index (χ3v) is 12.0. The fraction of sp³-hybridized carbons (Fsp3) is 0.804. The van der Waals surface area contributed by atoms with Gasteiger partial charge in [0.2, 0.25) is 5.91 Å². The summed E-state index contributed by atoms with van der Waals surface area (Å²) in [5, 5.41) is 23.0. The highest BCUT2D eigenvalue weighted by molar-refractivity contribution is 5.76. The number of aliphatic hydroxyl groups excluding tert-OH is 2. The molecule has 0 spiro atoms. The molecule has 0 saturated carbocycles. The first-order valence-electron chi connectivity index (χ1n) is 26.5. The number of rotatable bonds is 48. The molecule has 0 saturated heterocycles. The number of nitrogens with one attached hydrogen (secondary N) is 1. The Kier molecular flexibility index (Phi) is 49.8. The molecule has 2 atom stereocenters. The van der Waals surface area contributed by atoms with E-state index >= 15 is 0 Å². The van der Waals surface area contributed by atoms with E-state index in [9.17, 15) is 15.0 Å². The molecule has 0 heterocycles. The van der Waals surface area contributed by atoms with Crippen molar-refractivity contribution in [3.05, 3.63) is 60.8 Å². The van der Waals surface area contributed by atoms with Crippen LogP contribution >= 0.6 is 0 Å². The molecule has 0 bridgehead atoms. The van der Waals surface area contributed by atoms with Gasteiger partial charge in [0.25, 0.3) is 0 Å². The van der Waals surface area contributed by atoms with Crippen LogP contribution in [-0.4, -0.2) is 34.9 Å². The van der Waals surface area contributed by atoms with Gasteiger partial charge in [0, 0.05) is 6.42 Å². The van der Waals surface area contributed by atoms with E-state index in [1.165, 1.54) is 205 Å². The standard InChI is InChI=1S/C56H103NO3/c1-3-5-7-9-11-13-15-17-18-19-20-21-22-23-24-25-26-27-28-29-30-31-32-33-34-35-36-37-38-40-42-44-46-48-50-52-56(60)57-54(53-58)55(59)51-49-47-45-43-41-39-16-14-12-10-8-6-4-2/h15,17,19-20,22-23,41,43,49,51,54-55,58-59H,3-14,16,18,21,24-40,42,44-48,50,52-53H2,1-2H3,(H,57,60)/b17-15-,20-19-,23-22-,43-41+,51-49+. The monoisotopic (exact) mass is 838 g/mol. The van der Waals surface area contributed by atoms with E-state index in [1.807, 2.05) is 6.08 Å². The molecule has 3 N–H and O–H groups in total. The molecule has 0 aromatic rings. The van der Waals surface area contributed by atoms with Gasteiger partial charge in [-0.05, 0) is 70.6 Å². The molecule has 1 amide bonds. The number of unbranched alkanes of at least 4 members (excludes halogenated alkanes) is 33. The summed E-state index contributed by atoms with van der Waals surface area (Å²) in [5.74, 6) is -0.0727. The van der Waals surface area contributed by atoms with E-state index in [0.29, 0.717) is 6.42 Å². The van der Waals surface area contributed by atoms with E-state index in [2.05, 4.69) is 67.8 Å². The zero-order chi connectivity index (χ0) is 43.5. The fourth-order valence-corrected chi connectivity index (χ4v) is 7.91. The average Bonchev–Trinajstić information content (AvgIpc) is 3.25. The van der Waals surface area contributed by atoms with Gasteiger partial charge in [0.15, 0.2) is 0 Å². The molecule has 0 aliphatic heterocycles. The second-order valence-corrected chi connectivity index (χ2v) is 17.9. The number of amides is 1. The topological polar surface area (TPSA) is 69.6 Å². The van der Waals surface area contributed by atoms with Gasteiger partial charge >= 0.3 is 0 Å². The maximum absolute atomic E-state index is 12.4. The van der Waals surface area contributed by atoms with Crippen molar-refractivity contribution in [3.63, 3.8) is 0 Å². The van der Waals surface area contributed by atoms with Crippen LogP contribution in [0.5, 0.6) is 0 Å². The average molecular weight is 838 g/mol. The third kappa shape index (κ3) is 47.1. The fourth-order valence-electron chi connectivity index (χ4n) is 7.91. The van der Waals surface area contributed by atoms with Crippen LogP contribution in [0.25, 0.3) is 0 Å². The SMILES string of the molecule is CCCCCCC/C=C\C/C=C\C/C=C\CCCCCCCCCCCCCCCCCCCCCCC(=O)NC(CO)C(O)/C=C/CC/C=C/CCCCCCCCC. The Hall–Kier alpha value is -1.91. The lowest BCUT2D eigenvalue weighted by molar-refractivity contribution is -0.123. The number of carbonyl (C=O) groups is 1. The van der Waals surface area contributed by atoms with Crippen LogP contribution in [0.2, 0.25) is 0 Å². The van der Waals surface area contributed by atoms with Gasteiger partial charge in [-0.15, -0.1) is 0 Å². The summed E-state index contributed by atoms with van der Waals surface area (Å²) in [4.78, 5) is 12.4. The molecular formula is C56H103NO3. The first-order chi connectivity index (χ1) is 29.7. The highest BCUT2D eigenvalue weighted by Crippen LogP contribution is 2.16. The van der Waals surface area contributed by atoms with Gasteiger partial charge in [-0.25, -0.2) is 0 Å². The van der Waals surface area contributed by atoms with Gasteiger partial charge in [-0.2, -0.15) is 0 Å².